The fraction of sp³-hybridized carbons (Fsp3) is 0.292. The van der Waals surface area contributed by atoms with E-state index >= 15 is 0 Å². The van der Waals surface area contributed by atoms with Crippen molar-refractivity contribution in [2.45, 2.75) is 26.4 Å². The van der Waals surface area contributed by atoms with Crippen LogP contribution in [0.25, 0.3) is 11.0 Å². The minimum atomic E-state index is -3.63. The summed E-state index contributed by atoms with van der Waals surface area (Å²) in [6.45, 7) is 1.57. The van der Waals surface area contributed by atoms with Gasteiger partial charge in [0.25, 0.3) is 0 Å². The van der Waals surface area contributed by atoms with Gasteiger partial charge in [0.15, 0.2) is 9.84 Å². The Bertz CT molecular complexity index is 1320. The molecular weight excluding hydrogens is 462 g/mol. The predicted octanol–water partition coefficient (Wildman–Crippen LogP) is 3.45. The number of fused-ring (bicyclic) bond motifs is 1. The van der Waals surface area contributed by atoms with Gasteiger partial charge in [0, 0.05) is 28.8 Å². The number of esters is 1. The van der Waals surface area contributed by atoms with Crippen LogP contribution in [0.1, 0.15) is 24.5 Å². The van der Waals surface area contributed by atoms with E-state index in [0.29, 0.717) is 29.5 Å². The van der Waals surface area contributed by atoms with Crippen LogP contribution in [0.4, 0.5) is 10.5 Å². The second-order valence-corrected chi connectivity index (χ2v) is 9.67. The lowest BCUT2D eigenvalue weighted by atomic mass is 10.1. The molecule has 10 heteroatoms. The molecule has 1 aromatic heterocycles. The van der Waals surface area contributed by atoms with E-state index in [4.69, 9.17) is 13.9 Å². The molecule has 34 heavy (non-hydrogen) atoms. The first-order valence-electron chi connectivity index (χ1n) is 10.7. The summed E-state index contributed by atoms with van der Waals surface area (Å²) in [5, 5.41) is 2.98. The van der Waals surface area contributed by atoms with Crippen LogP contribution in [0.2, 0.25) is 0 Å². The normalized spacial score (nSPS) is 11.2. The van der Waals surface area contributed by atoms with E-state index in [0.717, 1.165) is 5.56 Å². The van der Waals surface area contributed by atoms with Crippen LogP contribution in [0, 0.1) is 0 Å². The highest BCUT2D eigenvalue weighted by Gasteiger charge is 2.18. The number of ether oxygens (including phenoxy) is 2. The van der Waals surface area contributed by atoms with Crippen molar-refractivity contribution < 1.29 is 31.9 Å². The van der Waals surface area contributed by atoms with Crippen LogP contribution in [0.5, 0.6) is 0 Å². The number of benzene rings is 2. The Labute approximate surface area is 196 Å². The average Bonchev–Trinajstić information content (AvgIpc) is 2.77. The zero-order valence-corrected chi connectivity index (χ0v) is 19.4. The van der Waals surface area contributed by atoms with E-state index in [2.05, 4.69) is 5.32 Å². The molecule has 3 rings (SSSR count). The number of amides is 1. The highest BCUT2D eigenvalue weighted by atomic mass is 32.2. The number of anilines is 1. The Morgan fingerprint density at radius 2 is 1.79 bits per heavy atom. The number of hydrogen-bond donors (Lipinski definition) is 1. The van der Waals surface area contributed by atoms with Crippen LogP contribution in [0.3, 0.4) is 0 Å². The first-order valence-corrected chi connectivity index (χ1v) is 12.5. The summed E-state index contributed by atoms with van der Waals surface area (Å²) in [7, 11) is -3.63. The minimum absolute atomic E-state index is 0.134. The lowest BCUT2D eigenvalue weighted by molar-refractivity contribution is -0.141. The average molecular weight is 488 g/mol. The third-order valence-electron chi connectivity index (χ3n) is 4.84. The molecule has 9 nitrogen and oxygen atoms in total. The quantitative estimate of drug-likeness (QED) is 0.340. The van der Waals surface area contributed by atoms with Gasteiger partial charge in [-0.2, -0.15) is 0 Å². The summed E-state index contributed by atoms with van der Waals surface area (Å²) in [6, 6.07) is 15.2. The highest BCUT2D eigenvalue weighted by molar-refractivity contribution is 7.92. The third-order valence-corrected chi connectivity index (χ3v) is 6.43. The van der Waals surface area contributed by atoms with Gasteiger partial charge >= 0.3 is 17.7 Å². The second-order valence-electron chi connectivity index (χ2n) is 7.49. The number of aryl methyl sites for hydroxylation is 1. The van der Waals surface area contributed by atoms with Crippen molar-refractivity contribution in [2.75, 3.05) is 23.4 Å². The second kappa shape index (κ2) is 11.5. The number of carbonyl (C=O) groups excluding carboxylic acids is 2. The Morgan fingerprint density at radius 1 is 1.03 bits per heavy atom. The van der Waals surface area contributed by atoms with Crippen LogP contribution in [0.15, 0.2) is 63.8 Å². The summed E-state index contributed by atoms with van der Waals surface area (Å²) in [6.07, 6.45) is 0.333. The van der Waals surface area contributed by atoms with Crippen LogP contribution in [-0.4, -0.2) is 38.6 Å². The number of carbonyl (C=O) groups is 2. The van der Waals surface area contributed by atoms with Gasteiger partial charge in [-0.25, -0.2) is 18.0 Å². The van der Waals surface area contributed by atoms with E-state index < -0.39 is 33.3 Å². The van der Waals surface area contributed by atoms with Gasteiger partial charge in [-0.15, -0.1) is 0 Å². The molecular formula is C24H25NO8S. The van der Waals surface area contributed by atoms with Gasteiger partial charge in [-0.1, -0.05) is 30.3 Å². The molecule has 3 aromatic rings. The summed E-state index contributed by atoms with van der Waals surface area (Å²) in [5.74, 6) is -1.78. The Hall–Kier alpha value is -3.66. The SMILES string of the molecule is CCOC(=O)Nc1ccc2c(COC(=O)CS(=O)(=O)CCCc3ccccc3)cc(=O)oc2c1. The molecule has 0 aliphatic rings. The molecule has 180 valence electrons. The van der Waals surface area contributed by atoms with E-state index in [1.54, 1.807) is 19.1 Å². The molecule has 0 spiro atoms. The molecule has 0 saturated heterocycles. The Balaban J connectivity index is 1.59. The molecule has 0 fully saturated rings. The van der Waals surface area contributed by atoms with Crippen molar-refractivity contribution in [2.24, 2.45) is 0 Å². The zero-order chi connectivity index (χ0) is 24.6. The van der Waals surface area contributed by atoms with E-state index in [1.807, 2.05) is 30.3 Å². The van der Waals surface area contributed by atoms with Crippen molar-refractivity contribution >= 4 is 38.6 Å². The van der Waals surface area contributed by atoms with Crippen molar-refractivity contribution in [3.05, 3.63) is 76.1 Å². The number of nitrogens with one attached hydrogen (secondary N) is 1. The fourth-order valence-electron chi connectivity index (χ4n) is 3.30. The number of sulfone groups is 1. The van der Waals surface area contributed by atoms with E-state index in [-0.39, 0.29) is 24.5 Å². The van der Waals surface area contributed by atoms with E-state index in [1.165, 1.54) is 12.1 Å². The van der Waals surface area contributed by atoms with Gasteiger partial charge in [0.1, 0.15) is 17.9 Å². The largest absolute Gasteiger partial charge is 0.460 e. The lowest BCUT2D eigenvalue weighted by Gasteiger charge is -2.10. The lowest BCUT2D eigenvalue weighted by Crippen LogP contribution is -2.21. The standard InChI is InChI=1S/C24H25NO8S/c1-2-31-24(28)25-19-10-11-20-18(13-22(26)33-21(20)14-19)15-32-23(27)16-34(29,30)12-6-9-17-7-4-3-5-8-17/h3-5,7-8,10-11,13-14H,2,6,9,12,15-16H2,1H3,(H,25,28). The maximum atomic E-state index is 12.3. The summed E-state index contributed by atoms with van der Waals surface area (Å²) in [4.78, 5) is 35.7. The van der Waals surface area contributed by atoms with Crippen LogP contribution in [-0.2, 0) is 37.1 Å². The predicted molar refractivity (Wildman–Crippen MR) is 126 cm³/mol. The molecule has 0 aliphatic carbocycles. The molecule has 0 radical (unpaired) electrons. The van der Waals surface area contributed by atoms with Gasteiger partial charge < -0.3 is 13.9 Å². The topological polar surface area (TPSA) is 129 Å². The molecule has 2 aromatic carbocycles. The molecule has 1 amide bonds. The fourth-order valence-corrected chi connectivity index (χ4v) is 4.48. The van der Waals surface area contributed by atoms with Crippen molar-refractivity contribution in [3.63, 3.8) is 0 Å². The molecule has 0 unspecified atom stereocenters. The Morgan fingerprint density at radius 3 is 2.53 bits per heavy atom. The summed E-state index contributed by atoms with van der Waals surface area (Å²) in [5.41, 5.74) is 1.21. The maximum absolute atomic E-state index is 12.3. The highest BCUT2D eigenvalue weighted by Crippen LogP contribution is 2.22. The van der Waals surface area contributed by atoms with Crippen molar-refractivity contribution in [1.82, 2.24) is 0 Å². The first kappa shape index (κ1) is 25.0. The molecule has 1 heterocycles. The Kier molecular flexibility index (Phi) is 8.42. The first-order chi connectivity index (χ1) is 16.3. The van der Waals surface area contributed by atoms with E-state index in [9.17, 15) is 22.8 Å². The molecule has 0 bridgehead atoms. The molecule has 0 atom stereocenters. The third kappa shape index (κ3) is 7.45. The summed E-state index contributed by atoms with van der Waals surface area (Å²) >= 11 is 0. The smallest absolute Gasteiger partial charge is 0.411 e. The van der Waals surface area contributed by atoms with Gasteiger partial charge in [-0.05, 0) is 37.5 Å². The van der Waals surface area contributed by atoms with Crippen molar-refractivity contribution in [1.29, 1.82) is 0 Å². The monoisotopic (exact) mass is 487 g/mol. The van der Waals surface area contributed by atoms with Gasteiger partial charge in [0.2, 0.25) is 0 Å². The maximum Gasteiger partial charge on any atom is 0.411 e. The molecule has 0 aliphatic heterocycles. The zero-order valence-electron chi connectivity index (χ0n) is 18.6. The molecule has 1 N–H and O–H groups in total. The van der Waals surface area contributed by atoms with Crippen LogP contribution < -0.4 is 10.9 Å². The van der Waals surface area contributed by atoms with Gasteiger partial charge in [0.05, 0.1) is 12.4 Å². The number of hydrogen-bond acceptors (Lipinski definition) is 8. The van der Waals surface area contributed by atoms with Crippen LogP contribution >= 0.6 is 0 Å². The van der Waals surface area contributed by atoms with Crippen molar-refractivity contribution in [3.8, 4) is 0 Å². The van der Waals surface area contributed by atoms with Gasteiger partial charge in [-0.3, -0.25) is 10.1 Å². The number of rotatable bonds is 10. The minimum Gasteiger partial charge on any atom is -0.460 e. The summed E-state index contributed by atoms with van der Waals surface area (Å²) < 4.78 is 39.6. The molecule has 0 saturated carbocycles.